The van der Waals surface area contributed by atoms with Crippen LogP contribution in [0.25, 0.3) is 0 Å². The van der Waals surface area contributed by atoms with Crippen LogP contribution in [0.2, 0.25) is 0 Å². The van der Waals surface area contributed by atoms with Crippen LogP contribution in [0.1, 0.15) is 0 Å². The average Bonchev–Trinajstić information content (AvgIpc) is 2.30. The minimum atomic E-state index is -4.70. The van der Waals surface area contributed by atoms with E-state index >= 15 is 0 Å². The second kappa shape index (κ2) is 2.47. The molecule has 0 aliphatic heterocycles. The molecule has 66 valence electrons. The topological polar surface area (TPSA) is 61.0 Å². The molecule has 0 aliphatic rings. The van der Waals surface area contributed by atoms with Gasteiger partial charge in [-0.05, 0) is 0 Å². The van der Waals surface area contributed by atoms with Crippen LogP contribution in [-0.4, -0.2) is 14.7 Å². The van der Waals surface area contributed by atoms with E-state index < -0.39 is 21.6 Å². The Morgan fingerprint density at radius 1 is 1.58 bits per heavy atom. The Hall–Kier alpha value is -1.60. The minimum Gasteiger partial charge on any atom is -0.258 e. The van der Waals surface area contributed by atoms with Crippen molar-refractivity contribution in [1.29, 1.82) is 0 Å². The molecule has 8 heteroatoms. The summed E-state index contributed by atoms with van der Waals surface area (Å²) in [4.78, 5) is 8.98. The Morgan fingerprint density at radius 3 is 2.42 bits per heavy atom. The number of nitrogens with zero attached hydrogens (tertiary/aromatic N) is 3. The molecular formula is C4H2F3N3O2. The third-order valence-corrected chi connectivity index (χ3v) is 1.04. The Kier molecular flexibility index (Phi) is 1.75. The van der Waals surface area contributed by atoms with Crippen LogP contribution in [0.15, 0.2) is 12.4 Å². The van der Waals surface area contributed by atoms with Crippen molar-refractivity contribution in [3.05, 3.63) is 22.5 Å². The summed E-state index contributed by atoms with van der Waals surface area (Å²) in [5.74, 6) is 0. The molecule has 0 atom stereocenters. The van der Waals surface area contributed by atoms with E-state index in [0.717, 1.165) is 0 Å². The molecule has 0 saturated heterocycles. The molecule has 1 rings (SSSR count). The van der Waals surface area contributed by atoms with Crippen molar-refractivity contribution in [3.63, 3.8) is 0 Å². The monoisotopic (exact) mass is 181 g/mol. The lowest BCUT2D eigenvalue weighted by atomic mass is 10.6. The van der Waals surface area contributed by atoms with Crippen molar-refractivity contribution in [2.45, 2.75) is 6.30 Å². The molecule has 1 aromatic heterocycles. The van der Waals surface area contributed by atoms with Gasteiger partial charge in [-0.2, -0.15) is 9.78 Å². The van der Waals surface area contributed by atoms with Gasteiger partial charge in [0.15, 0.2) is 0 Å². The fourth-order valence-electron chi connectivity index (χ4n) is 0.546. The SMILES string of the molecule is O=[N+]([O-])c1cnn(C(F)(F)F)c1. The van der Waals surface area contributed by atoms with Crippen molar-refractivity contribution in [1.82, 2.24) is 9.78 Å². The molecule has 0 spiro atoms. The quantitative estimate of drug-likeness (QED) is 0.484. The van der Waals surface area contributed by atoms with Crippen molar-refractivity contribution in [2.24, 2.45) is 0 Å². The highest BCUT2D eigenvalue weighted by molar-refractivity contribution is 5.20. The van der Waals surface area contributed by atoms with E-state index in [1.807, 2.05) is 0 Å². The minimum absolute atomic E-state index is 0.306. The summed E-state index contributed by atoms with van der Waals surface area (Å²) in [6.45, 7) is 0. The number of aromatic nitrogens is 2. The van der Waals surface area contributed by atoms with Gasteiger partial charge >= 0.3 is 12.0 Å². The maximum absolute atomic E-state index is 11.7. The van der Waals surface area contributed by atoms with E-state index in [-0.39, 0.29) is 0 Å². The molecule has 5 nitrogen and oxygen atoms in total. The van der Waals surface area contributed by atoms with Crippen LogP contribution in [0, 0.1) is 10.1 Å². The lowest BCUT2D eigenvalue weighted by molar-refractivity contribution is -0.385. The predicted octanol–water partition coefficient (Wildman–Crippen LogP) is 1.27. The van der Waals surface area contributed by atoms with Crippen molar-refractivity contribution >= 4 is 5.69 Å². The summed E-state index contributed by atoms with van der Waals surface area (Å²) in [5.41, 5.74) is -0.688. The molecule has 0 bridgehead atoms. The molecule has 12 heavy (non-hydrogen) atoms. The molecule has 0 saturated carbocycles. The van der Waals surface area contributed by atoms with Gasteiger partial charge < -0.3 is 0 Å². The van der Waals surface area contributed by atoms with Gasteiger partial charge in [0, 0.05) is 0 Å². The molecule has 1 heterocycles. The Balaban J connectivity index is 3.00. The fourth-order valence-corrected chi connectivity index (χ4v) is 0.546. The zero-order valence-corrected chi connectivity index (χ0v) is 5.45. The largest absolute Gasteiger partial charge is 0.504 e. The fraction of sp³-hybridized carbons (Fsp3) is 0.250. The average molecular weight is 181 g/mol. The molecule has 0 N–H and O–H groups in total. The summed E-state index contributed by atoms with van der Waals surface area (Å²) in [7, 11) is 0. The highest BCUT2D eigenvalue weighted by Crippen LogP contribution is 2.22. The van der Waals surface area contributed by atoms with Crippen molar-refractivity contribution in [3.8, 4) is 0 Å². The highest BCUT2D eigenvalue weighted by Gasteiger charge is 2.33. The van der Waals surface area contributed by atoms with E-state index in [1.54, 1.807) is 0 Å². The molecule has 0 aliphatic carbocycles. The molecule has 0 unspecified atom stereocenters. The lowest BCUT2D eigenvalue weighted by Gasteiger charge is -2.02. The van der Waals surface area contributed by atoms with E-state index in [2.05, 4.69) is 5.10 Å². The van der Waals surface area contributed by atoms with Gasteiger partial charge in [-0.3, -0.25) is 10.1 Å². The van der Waals surface area contributed by atoms with Crippen molar-refractivity contribution < 1.29 is 18.1 Å². The summed E-state index contributed by atoms with van der Waals surface area (Å²) in [6, 6.07) is 0. The van der Waals surface area contributed by atoms with Gasteiger partial charge in [-0.15, -0.1) is 13.2 Å². The number of rotatable bonds is 1. The van der Waals surface area contributed by atoms with Crippen LogP contribution in [0.5, 0.6) is 0 Å². The van der Waals surface area contributed by atoms with E-state index in [9.17, 15) is 23.3 Å². The first-order chi connectivity index (χ1) is 5.41. The summed E-state index contributed by atoms with van der Waals surface area (Å²) in [5, 5.41) is 12.7. The number of halogens is 3. The molecule has 0 aromatic carbocycles. The lowest BCUT2D eigenvalue weighted by Crippen LogP contribution is -2.16. The summed E-state index contributed by atoms with van der Waals surface area (Å²) < 4.78 is 34.8. The molecule has 0 radical (unpaired) electrons. The predicted molar refractivity (Wildman–Crippen MR) is 30.2 cm³/mol. The van der Waals surface area contributed by atoms with Gasteiger partial charge in [0.2, 0.25) is 0 Å². The second-order valence-electron chi connectivity index (χ2n) is 1.87. The maximum atomic E-state index is 11.7. The Labute approximate surface area is 63.6 Å². The van der Waals surface area contributed by atoms with Gasteiger partial charge in [0.1, 0.15) is 12.4 Å². The first-order valence-corrected chi connectivity index (χ1v) is 2.67. The van der Waals surface area contributed by atoms with Crippen LogP contribution < -0.4 is 0 Å². The standard InChI is InChI=1S/C4H2F3N3O2/c5-4(6,7)9-2-3(1-8-9)10(11)12/h1-2H. The first-order valence-electron chi connectivity index (χ1n) is 2.67. The number of alkyl halides is 3. The van der Waals surface area contributed by atoms with Crippen molar-refractivity contribution in [2.75, 3.05) is 0 Å². The highest BCUT2D eigenvalue weighted by atomic mass is 19.4. The molecule has 1 aromatic rings. The van der Waals surface area contributed by atoms with Gasteiger partial charge in [-0.25, -0.2) is 0 Å². The normalized spacial score (nSPS) is 11.6. The zero-order valence-electron chi connectivity index (χ0n) is 5.45. The van der Waals surface area contributed by atoms with Crippen LogP contribution >= 0.6 is 0 Å². The van der Waals surface area contributed by atoms with Gasteiger partial charge in [-0.1, -0.05) is 0 Å². The van der Waals surface area contributed by atoms with E-state index in [4.69, 9.17) is 0 Å². The maximum Gasteiger partial charge on any atom is 0.504 e. The van der Waals surface area contributed by atoms with Crippen LogP contribution in [0.3, 0.4) is 0 Å². The third kappa shape index (κ3) is 1.52. The Bertz CT molecular complexity index is 305. The molecular weight excluding hydrogens is 179 g/mol. The smallest absolute Gasteiger partial charge is 0.258 e. The first kappa shape index (κ1) is 8.50. The van der Waals surface area contributed by atoms with E-state index in [1.165, 1.54) is 0 Å². The Morgan fingerprint density at radius 2 is 2.17 bits per heavy atom. The second-order valence-corrected chi connectivity index (χ2v) is 1.87. The number of hydrogen-bond donors (Lipinski definition) is 0. The third-order valence-electron chi connectivity index (χ3n) is 1.04. The summed E-state index contributed by atoms with van der Waals surface area (Å²) in [6.07, 6.45) is -3.86. The number of nitro groups is 1. The molecule has 0 fully saturated rings. The molecule has 0 amide bonds. The van der Waals surface area contributed by atoms with Gasteiger partial charge in [0.05, 0.1) is 4.92 Å². The van der Waals surface area contributed by atoms with Crippen LogP contribution in [0.4, 0.5) is 18.9 Å². The summed E-state index contributed by atoms with van der Waals surface area (Å²) >= 11 is 0. The van der Waals surface area contributed by atoms with Crippen LogP contribution in [-0.2, 0) is 6.30 Å². The van der Waals surface area contributed by atoms with Gasteiger partial charge in [0.25, 0.3) is 0 Å². The number of hydrogen-bond acceptors (Lipinski definition) is 3. The van der Waals surface area contributed by atoms with E-state index in [0.29, 0.717) is 12.4 Å². The zero-order chi connectivity index (χ0) is 9.35.